The van der Waals surface area contributed by atoms with Crippen molar-refractivity contribution in [2.24, 2.45) is 5.41 Å². The van der Waals surface area contributed by atoms with Crippen molar-refractivity contribution in [1.82, 2.24) is 29.5 Å². The van der Waals surface area contributed by atoms with E-state index in [2.05, 4.69) is 70.9 Å². The second-order valence-electron chi connectivity index (χ2n) is 10.9. The Hall–Kier alpha value is -2.97. The van der Waals surface area contributed by atoms with Gasteiger partial charge in [-0.3, -0.25) is 4.90 Å². The fourth-order valence-electron chi connectivity index (χ4n) is 6.11. The summed E-state index contributed by atoms with van der Waals surface area (Å²) in [6.07, 6.45) is 3.71. The highest BCUT2D eigenvalue weighted by Gasteiger charge is 2.54. The molecule has 7 rings (SSSR count). The standard InChI is InChI=1S/C26H31N7O/c1-15(2)22-23(19-7-33-25(27-14-28-33)17(4)16(19)3)29-20-5-6-21(30-24(20)22)32-12-26(13-32)10-31(11-26)18-8-34-9-18/h5-7,14-15,18,29H,8-13H2,1-4H3. The third-order valence-corrected chi connectivity index (χ3v) is 8.23. The van der Waals surface area contributed by atoms with Gasteiger partial charge in [0, 0.05) is 48.9 Å². The third kappa shape index (κ3) is 2.81. The van der Waals surface area contributed by atoms with Gasteiger partial charge in [0.2, 0.25) is 0 Å². The van der Waals surface area contributed by atoms with Gasteiger partial charge in [-0.2, -0.15) is 5.10 Å². The predicted octanol–water partition coefficient (Wildman–Crippen LogP) is 3.53. The summed E-state index contributed by atoms with van der Waals surface area (Å²) in [5.41, 5.74) is 9.51. The van der Waals surface area contributed by atoms with Crippen LogP contribution in [-0.2, 0) is 4.74 Å². The number of aromatic nitrogens is 5. The van der Waals surface area contributed by atoms with Crippen LogP contribution in [0, 0.1) is 19.3 Å². The van der Waals surface area contributed by atoms with E-state index in [0.29, 0.717) is 17.4 Å². The normalized spacial score (nSPS) is 20.3. The number of anilines is 1. The molecule has 4 aromatic heterocycles. The second kappa shape index (κ2) is 7.02. The van der Waals surface area contributed by atoms with Gasteiger partial charge < -0.3 is 14.6 Å². The summed E-state index contributed by atoms with van der Waals surface area (Å²) in [4.78, 5) is 18.4. The number of likely N-dealkylation sites (tertiary alicyclic amines) is 1. The van der Waals surface area contributed by atoms with Gasteiger partial charge in [0.1, 0.15) is 12.1 Å². The average molecular weight is 458 g/mol. The highest BCUT2D eigenvalue weighted by Crippen LogP contribution is 2.44. The minimum absolute atomic E-state index is 0.338. The van der Waals surface area contributed by atoms with Gasteiger partial charge in [0.25, 0.3) is 0 Å². The van der Waals surface area contributed by atoms with E-state index in [1.165, 1.54) is 24.2 Å². The number of H-pyrrole nitrogens is 1. The Morgan fingerprint density at radius 1 is 1.09 bits per heavy atom. The van der Waals surface area contributed by atoms with Crippen molar-refractivity contribution in [2.45, 2.75) is 39.7 Å². The molecule has 3 aliphatic rings. The average Bonchev–Trinajstić information content (AvgIpc) is 3.33. The van der Waals surface area contributed by atoms with E-state index in [0.717, 1.165) is 65.6 Å². The van der Waals surface area contributed by atoms with Crippen LogP contribution >= 0.6 is 0 Å². The molecule has 3 aliphatic heterocycles. The molecule has 0 saturated carbocycles. The summed E-state index contributed by atoms with van der Waals surface area (Å²) < 4.78 is 7.24. The molecule has 0 aliphatic carbocycles. The maximum absolute atomic E-state index is 5.37. The second-order valence-corrected chi connectivity index (χ2v) is 10.9. The fourth-order valence-corrected chi connectivity index (χ4v) is 6.11. The molecule has 0 amide bonds. The third-order valence-electron chi connectivity index (χ3n) is 8.23. The number of nitrogens with one attached hydrogen (secondary N) is 1. The molecule has 0 unspecified atom stereocenters. The summed E-state index contributed by atoms with van der Waals surface area (Å²) >= 11 is 0. The Balaban J connectivity index is 1.23. The number of hydrogen-bond donors (Lipinski definition) is 1. The lowest BCUT2D eigenvalue weighted by atomic mass is 9.72. The van der Waals surface area contributed by atoms with Crippen molar-refractivity contribution in [3.05, 3.63) is 41.3 Å². The van der Waals surface area contributed by atoms with Gasteiger partial charge in [-0.25, -0.2) is 14.5 Å². The minimum Gasteiger partial charge on any atom is -0.378 e. The van der Waals surface area contributed by atoms with Gasteiger partial charge in [0.05, 0.1) is 36.0 Å². The molecule has 176 valence electrons. The molecular weight excluding hydrogens is 426 g/mol. The number of nitrogens with zero attached hydrogens (tertiary/aromatic N) is 6. The first-order chi connectivity index (χ1) is 16.4. The van der Waals surface area contributed by atoms with Crippen molar-refractivity contribution < 1.29 is 4.74 Å². The topological polar surface area (TPSA) is 74.6 Å². The number of hydrogen-bond acceptors (Lipinski definition) is 6. The molecule has 3 fully saturated rings. The Labute approximate surface area is 198 Å². The molecule has 1 N–H and O–H groups in total. The zero-order valence-corrected chi connectivity index (χ0v) is 20.3. The number of aryl methyl sites for hydroxylation is 1. The van der Waals surface area contributed by atoms with E-state index in [9.17, 15) is 0 Å². The maximum atomic E-state index is 5.37. The van der Waals surface area contributed by atoms with Crippen LogP contribution in [0.15, 0.2) is 24.7 Å². The lowest BCUT2D eigenvalue weighted by Crippen LogP contribution is -2.75. The van der Waals surface area contributed by atoms with Crippen LogP contribution in [0.2, 0.25) is 0 Å². The van der Waals surface area contributed by atoms with Crippen molar-refractivity contribution in [2.75, 3.05) is 44.3 Å². The lowest BCUT2D eigenvalue weighted by Gasteiger charge is -2.63. The molecule has 34 heavy (non-hydrogen) atoms. The van der Waals surface area contributed by atoms with Crippen molar-refractivity contribution in [3.63, 3.8) is 0 Å². The van der Waals surface area contributed by atoms with Gasteiger partial charge in [0.15, 0.2) is 5.65 Å². The van der Waals surface area contributed by atoms with E-state index in [1.54, 1.807) is 6.33 Å². The molecule has 8 nitrogen and oxygen atoms in total. The largest absolute Gasteiger partial charge is 0.378 e. The van der Waals surface area contributed by atoms with E-state index >= 15 is 0 Å². The molecule has 1 spiro atoms. The van der Waals surface area contributed by atoms with Crippen LogP contribution in [0.4, 0.5) is 5.82 Å². The number of aromatic amines is 1. The van der Waals surface area contributed by atoms with Crippen LogP contribution < -0.4 is 4.90 Å². The van der Waals surface area contributed by atoms with Crippen LogP contribution in [0.5, 0.6) is 0 Å². The van der Waals surface area contributed by atoms with E-state index in [4.69, 9.17) is 9.72 Å². The first kappa shape index (κ1) is 20.4. The molecular formula is C26H31N7O. The molecule has 3 saturated heterocycles. The Bertz CT molecular complexity index is 1420. The van der Waals surface area contributed by atoms with Crippen molar-refractivity contribution >= 4 is 22.5 Å². The minimum atomic E-state index is 0.338. The van der Waals surface area contributed by atoms with E-state index < -0.39 is 0 Å². The molecule has 0 radical (unpaired) electrons. The van der Waals surface area contributed by atoms with Crippen LogP contribution in [0.25, 0.3) is 27.9 Å². The number of fused-ring (bicyclic) bond motifs is 2. The summed E-state index contributed by atoms with van der Waals surface area (Å²) in [6.45, 7) is 15.2. The highest BCUT2D eigenvalue weighted by molar-refractivity contribution is 5.90. The summed E-state index contributed by atoms with van der Waals surface area (Å²) in [6, 6.07) is 5.03. The molecule has 0 bridgehead atoms. The SMILES string of the molecule is Cc1c(-c2[nH]c3ccc(N4CC5(C4)CN(C4COC4)C5)nc3c2C(C)C)cn2ncnc2c1C. The quantitative estimate of drug-likeness (QED) is 0.505. The molecule has 0 atom stereocenters. The van der Waals surface area contributed by atoms with Crippen molar-refractivity contribution in [1.29, 1.82) is 0 Å². The first-order valence-electron chi connectivity index (χ1n) is 12.3. The lowest BCUT2D eigenvalue weighted by molar-refractivity contribution is -0.137. The molecule has 7 heterocycles. The summed E-state index contributed by atoms with van der Waals surface area (Å²) in [5.74, 6) is 1.43. The van der Waals surface area contributed by atoms with E-state index in [1.807, 2.05) is 4.52 Å². The first-order valence-corrected chi connectivity index (χ1v) is 12.3. The van der Waals surface area contributed by atoms with Crippen LogP contribution in [0.1, 0.15) is 36.5 Å². The summed E-state index contributed by atoms with van der Waals surface area (Å²) in [7, 11) is 0. The number of pyridine rings is 2. The van der Waals surface area contributed by atoms with Gasteiger partial charge in [-0.15, -0.1) is 0 Å². The Morgan fingerprint density at radius 2 is 1.88 bits per heavy atom. The molecule has 4 aromatic rings. The zero-order chi connectivity index (χ0) is 23.2. The highest BCUT2D eigenvalue weighted by atomic mass is 16.5. The van der Waals surface area contributed by atoms with Crippen LogP contribution in [0.3, 0.4) is 0 Å². The van der Waals surface area contributed by atoms with Gasteiger partial charge in [-0.1, -0.05) is 13.8 Å². The zero-order valence-electron chi connectivity index (χ0n) is 20.3. The van der Waals surface area contributed by atoms with Gasteiger partial charge >= 0.3 is 0 Å². The smallest absolute Gasteiger partial charge is 0.158 e. The monoisotopic (exact) mass is 457 g/mol. The van der Waals surface area contributed by atoms with Crippen molar-refractivity contribution in [3.8, 4) is 11.3 Å². The fraction of sp³-hybridized carbons (Fsp3) is 0.500. The van der Waals surface area contributed by atoms with Crippen LogP contribution in [-0.4, -0.2) is 74.9 Å². The predicted molar refractivity (Wildman–Crippen MR) is 132 cm³/mol. The molecule has 0 aromatic carbocycles. The van der Waals surface area contributed by atoms with Gasteiger partial charge in [-0.05, 0) is 43.0 Å². The number of ether oxygens (including phenoxy) is 1. The summed E-state index contributed by atoms with van der Waals surface area (Å²) in [5, 5.41) is 4.40. The Morgan fingerprint density at radius 3 is 2.59 bits per heavy atom. The Kier molecular flexibility index (Phi) is 4.22. The number of rotatable bonds is 4. The molecule has 8 heteroatoms. The van der Waals surface area contributed by atoms with E-state index in [-0.39, 0.29) is 0 Å². The maximum Gasteiger partial charge on any atom is 0.158 e.